The lowest BCUT2D eigenvalue weighted by molar-refractivity contribution is 0.305. The van der Waals surface area contributed by atoms with Crippen LogP contribution in [-0.4, -0.2) is 21.6 Å². The molecule has 0 saturated heterocycles. The van der Waals surface area contributed by atoms with Gasteiger partial charge in [-0.05, 0) is 25.0 Å². The van der Waals surface area contributed by atoms with Gasteiger partial charge in [-0.15, -0.1) is 0 Å². The van der Waals surface area contributed by atoms with Gasteiger partial charge in [-0.25, -0.2) is 4.98 Å². The molecule has 0 aromatic carbocycles. The number of nitrogens with one attached hydrogen (secondary N) is 1. The van der Waals surface area contributed by atoms with Crippen LogP contribution in [-0.2, 0) is 0 Å². The van der Waals surface area contributed by atoms with Gasteiger partial charge in [0.1, 0.15) is 0 Å². The summed E-state index contributed by atoms with van der Waals surface area (Å²) in [5.41, 5.74) is 1.09. The summed E-state index contributed by atoms with van der Waals surface area (Å²) in [7, 11) is 0. The van der Waals surface area contributed by atoms with Crippen LogP contribution >= 0.6 is 0 Å². The Morgan fingerprint density at radius 1 is 1.32 bits per heavy atom. The number of rotatable bonds is 6. The fourth-order valence-electron chi connectivity index (χ4n) is 1.61. The Bertz CT molecular complexity index is 504. The molecule has 0 aliphatic rings. The third kappa shape index (κ3) is 3.91. The molecule has 0 aliphatic heterocycles. The molecule has 1 N–H and O–H groups in total. The monoisotopic (exact) mass is 258 g/mol. The average Bonchev–Trinajstić information content (AvgIpc) is 2.46. The molecule has 19 heavy (non-hydrogen) atoms. The second-order valence-corrected chi connectivity index (χ2v) is 4.22. The predicted molar refractivity (Wildman–Crippen MR) is 74.1 cm³/mol. The third-order valence-electron chi connectivity index (χ3n) is 2.61. The number of nitrogens with zero attached hydrogens (tertiary/aromatic N) is 3. The smallest absolute Gasteiger partial charge is 0.226 e. The summed E-state index contributed by atoms with van der Waals surface area (Å²) in [4.78, 5) is 12.6. The SMILES string of the molecule is CCCOc1ccnc(NC(C)c2cccnc2)n1. The number of pyridine rings is 1. The molecule has 5 nitrogen and oxygen atoms in total. The van der Waals surface area contributed by atoms with Gasteiger partial charge < -0.3 is 10.1 Å². The second kappa shape index (κ2) is 6.68. The van der Waals surface area contributed by atoms with E-state index in [1.54, 1.807) is 18.5 Å². The maximum Gasteiger partial charge on any atom is 0.226 e. The van der Waals surface area contributed by atoms with Crippen molar-refractivity contribution in [2.75, 3.05) is 11.9 Å². The molecule has 0 fully saturated rings. The summed E-state index contributed by atoms with van der Waals surface area (Å²) in [5.74, 6) is 1.16. The van der Waals surface area contributed by atoms with Crippen molar-refractivity contribution in [1.82, 2.24) is 15.0 Å². The first-order chi connectivity index (χ1) is 9.29. The summed E-state index contributed by atoms with van der Waals surface area (Å²) in [6.07, 6.45) is 6.23. The summed E-state index contributed by atoms with van der Waals surface area (Å²) < 4.78 is 5.48. The molecule has 0 saturated carbocycles. The largest absolute Gasteiger partial charge is 0.478 e. The Morgan fingerprint density at radius 2 is 2.21 bits per heavy atom. The van der Waals surface area contributed by atoms with Crippen LogP contribution in [0.1, 0.15) is 31.9 Å². The van der Waals surface area contributed by atoms with Crippen LogP contribution < -0.4 is 10.1 Å². The van der Waals surface area contributed by atoms with Crippen LogP contribution in [0.4, 0.5) is 5.95 Å². The van der Waals surface area contributed by atoms with Crippen LogP contribution in [0.2, 0.25) is 0 Å². The molecule has 0 spiro atoms. The van der Waals surface area contributed by atoms with E-state index >= 15 is 0 Å². The molecule has 0 bridgehead atoms. The van der Waals surface area contributed by atoms with Crippen LogP contribution in [0.25, 0.3) is 0 Å². The number of aromatic nitrogens is 3. The summed E-state index contributed by atoms with van der Waals surface area (Å²) >= 11 is 0. The van der Waals surface area contributed by atoms with Crippen molar-refractivity contribution in [3.05, 3.63) is 42.4 Å². The Hall–Kier alpha value is -2.17. The van der Waals surface area contributed by atoms with Crippen LogP contribution in [0.15, 0.2) is 36.8 Å². The van der Waals surface area contributed by atoms with Gasteiger partial charge in [0.2, 0.25) is 11.8 Å². The molecular weight excluding hydrogens is 240 g/mol. The Labute approximate surface area is 113 Å². The quantitative estimate of drug-likeness (QED) is 0.863. The highest BCUT2D eigenvalue weighted by Crippen LogP contribution is 2.16. The first kappa shape index (κ1) is 13.3. The highest BCUT2D eigenvalue weighted by atomic mass is 16.5. The number of hydrogen-bond acceptors (Lipinski definition) is 5. The van der Waals surface area contributed by atoms with Crippen molar-refractivity contribution >= 4 is 5.95 Å². The van der Waals surface area contributed by atoms with Crippen molar-refractivity contribution in [2.24, 2.45) is 0 Å². The van der Waals surface area contributed by atoms with E-state index in [1.807, 2.05) is 25.3 Å². The molecule has 2 aromatic rings. The maximum atomic E-state index is 5.48. The van der Waals surface area contributed by atoms with Gasteiger partial charge in [-0.1, -0.05) is 13.0 Å². The molecule has 0 aliphatic carbocycles. The van der Waals surface area contributed by atoms with Gasteiger partial charge in [0.15, 0.2) is 0 Å². The second-order valence-electron chi connectivity index (χ2n) is 4.22. The number of hydrogen-bond donors (Lipinski definition) is 1. The fraction of sp³-hybridized carbons (Fsp3) is 0.357. The summed E-state index contributed by atoms with van der Waals surface area (Å²) in [6, 6.07) is 5.78. The molecule has 2 aromatic heterocycles. The molecule has 100 valence electrons. The molecular formula is C14H18N4O. The lowest BCUT2D eigenvalue weighted by atomic mass is 10.1. The van der Waals surface area contributed by atoms with Gasteiger partial charge in [0, 0.05) is 24.7 Å². The summed E-state index contributed by atoms with van der Waals surface area (Å²) in [5, 5.41) is 3.23. The van der Waals surface area contributed by atoms with Gasteiger partial charge in [0.05, 0.1) is 12.6 Å². The van der Waals surface area contributed by atoms with Gasteiger partial charge in [-0.3, -0.25) is 4.98 Å². The Balaban J connectivity index is 2.02. The number of ether oxygens (including phenoxy) is 1. The van der Waals surface area contributed by atoms with Crippen LogP contribution in [0, 0.1) is 0 Å². The Kier molecular flexibility index (Phi) is 4.66. The van der Waals surface area contributed by atoms with Crippen molar-refractivity contribution < 1.29 is 4.74 Å². The molecule has 2 heterocycles. The van der Waals surface area contributed by atoms with Gasteiger partial charge in [0.25, 0.3) is 0 Å². The molecule has 1 atom stereocenters. The molecule has 5 heteroatoms. The van der Waals surface area contributed by atoms with Crippen LogP contribution in [0.3, 0.4) is 0 Å². The van der Waals surface area contributed by atoms with E-state index < -0.39 is 0 Å². The molecule has 1 unspecified atom stereocenters. The van der Waals surface area contributed by atoms with E-state index in [9.17, 15) is 0 Å². The number of anilines is 1. The van der Waals surface area contributed by atoms with E-state index in [-0.39, 0.29) is 6.04 Å². The lowest BCUT2D eigenvalue weighted by Crippen LogP contribution is -2.10. The fourth-order valence-corrected chi connectivity index (χ4v) is 1.61. The lowest BCUT2D eigenvalue weighted by Gasteiger charge is -2.14. The van der Waals surface area contributed by atoms with Crippen molar-refractivity contribution in [3.63, 3.8) is 0 Å². The zero-order chi connectivity index (χ0) is 13.5. The zero-order valence-electron chi connectivity index (χ0n) is 11.2. The van der Waals surface area contributed by atoms with Gasteiger partial charge in [-0.2, -0.15) is 4.98 Å². The predicted octanol–water partition coefficient (Wildman–Crippen LogP) is 2.83. The maximum absolute atomic E-state index is 5.48. The molecule has 0 amide bonds. The summed E-state index contributed by atoms with van der Waals surface area (Å²) in [6.45, 7) is 4.76. The first-order valence-corrected chi connectivity index (χ1v) is 6.42. The third-order valence-corrected chi connectivity index (χ3v) is 2.61. The van der Waals surface area contributed by atoms with E-state index in [0.29, 0.717) is 18.4 Å². The van der Waals surface area contributed by atoms with E-state index in [0.717, 1.165) is 12.0 Å². The van der Waals surface area contributed by atoms with E-state index in [1.165, 1.54) is 0 Å². The highest BCUT2D eigenvalue weighted by molar-refractivity contribution is 5.32. The first-order valence-electron chi connectivity index (χ1n) is 6.42. The van der Waals surface area contributed by atoms with E-state index in [2.05, 4.69) is 27.2 Å². The van der Waals surface area contributed by atoms with Crippen molar-refractivity contribution in [2.45, 2.75) is 26.3 Å². The minimum atomic E-state index is 0.0927. The molecule has 2 rings (SSSR count). The zero-order valence-corrected chi connectivity index (χ0v) is 11.2. The minimum absolute atomic E-state index is 0.0927. The highest BCUT2D eigenvalue weighted by Gasteiger charge is 2.07. The van der Waals surface area contributed by atoms with Gasteiger partial charge >= 0.3 is 0 Å². The minimum Gasteiger partial charge on any atom is -0.478 e. The average molecular weight is 258 g/mol. The van der Waals surface area contributed by atoms with Crippen molar-refractivity contribution in [1.29, 1.82) is 0 Å². The van der Waals surface area contributed by atoms with Crippen LogP contribution in [0.5, 0.6) is 5.88 Å². The molecule has 0 radical (unpaired) electrons. The van der Waals surface area contributed by atoms with E-state index in [4.69, 9.17) is 4.74 Å². The topological polar surface area (TPSA) is 59.9 Å². The standard InChI is InChI=1S/C14H18N4O/c1-3-9-19-13-6-8-16-14(18-13)17-11(2)12-5-4-7-15-10-12/h4-8,10-11H,3,9H2,1-2H3,(H,16,17,18). The van der Waals surface area contributed by atoms with Crippen molar-refractivity contribution in [3.8, 4) is 5.88 Å². The Morgan fingerprint density at radius 3 is 2.95 bits per heavy atom. The normalized spacial score (nSPS) is 11.9.